The predicted molar refractivity (Wildman–Crippen MR) is 49.6 cm³/mol. The van der Waals surface area contributed by atoms with E-state index in [1.165, 1.54) is 0 Å². The van der Waals surface area contributed by atoms with Gasteiger partial charge < -0.3 is 9.15 Å². The molecule has 1 heterocycles. The molecule has 1 aromatic rings. The molecule has 0 aliphatic rings. The first-order valence-corrected chi connectivity index (χ1v) is 4.33. The van der Waals surface area contributed by atoms with E-state index in [4.69, 9.17) is 9.15 Å². The average Bonchev–Trinajstić information content (AvgIpc) is 2.66. The summed E-state index contributed by atoms with van der Waals surface area (Å²) < 4.78 is 9.79. The average molecular weight is 196 g/mol. The smallest absolute Gasteiger partial charge is 0.396 e. The lowest BCUT2D eigenvalue weighted by atomic mass is 10.3. The topological polar surface area (TPSA) is 65.2 Å². The number of nitrogens with zero attached hydrogens (tertiary/aromatic N) is 2. The van der Waals surface area contributed by atoms with E-state index in [1.807, 2.05) is 19.9 Å². The fourth-order valence-electron chi connectivity index (χ4n) is 0.781. The predicted octanol–water partition coefficient (Wildman–Crippen LogP) is 1.67. The largest absolute Gasteiger partial charge is 0.459 e. The highest BCUT2D eigenvalue weighted by Crippen LogP contribution is 2.11. The van der Waals surface area contributed by atoms with Gasteiger partial charge in [0.25, 0.3) is 0 Å². The van der Waals surface area contributed by atoms with Gasteiger partial charge in [0, 0.05) is 5.57 Å². The lowest BCUT2D eigenvalue weighted by molar-refractivity contribution is 0.0480. The fraction of sp³-hybridized carbons (Fsp3) is 0.444. The third-order valence-corrected chi connectivity index (χ3v) is 1.65. The number of carbonyl (C=O) groups is 1. The van der Waals surface area contributed by atoms with Crippen molar-refractivity contribution in [2.24, 2.45) is 0 Å². The van der Waals surface area contributed by atoms with E-state index >= 15 is 0 Å². The quantitative estimate of drug-likeness (QED) is 0.688. The van der Waals surface area contributed by atoms with Gasteiger partial charge in [-0.3, -0.25) is 0 Å². The molecule has 0 saturated heterocycles. The van der Waals surface area contributed by atoms with Gasteiger partial charge in [-0.2, -0.15) is 0 Å². The maximum atomic E-state index is 11.1. The maximum Gasteiger partial charge on any atom is 0.396 e. The molecular formula is C9H12N2O3. The van der Waals surface area contributed by atoms with Crippen molar-refractivity contribution in [1.82, 2.24) is 10.2 Å². The molecule has 0 aromatic carbocycles. The SMILES string of the molecule is C/C=C(/C)c1nnc(C(=O)OCC)o1. The van der Waals surface area contributed by atoms with Crippen LogP contribution in [0.3, 0.4) is 0 Å². The molecule has 14 heavy (non-hydrogen) atoms. The lowest BCUT2D eigenvalue weighted by Gasteiger charge is -1.94. The zero-order valence-electron chi connectivity index (χ0n) is 8.40. The first-order chi connectivity index (χ1) is 6.69. The van der Waals surface area contributed by atoms with E-state index in [1.54, 1.807) is 6.92 Å². The second-order valence-corrected chi connectivity index (χ2v) is 2.60. The molecule has 0 N–H and O–H groups in total. The summed E-state index contributed by atoms with van der Waals surface area (Å²) in [5.74, 6) is -0.353. The summed E-state index contributed by atoms with van der Waals surface area (Å²) in [6, 6.07) is 0. The van der Waals surface area contributed by atoms with Crippen molar-refractivity contribution in [1.29, 1.82) is 0 Å². The molecule has 0 amide bonds. The Morgan fingerprint density at radius 1 is 1.50 bits per heavy atom. The van der Waals surface area contributed by atoms with Gasteiger partial charge in [-0.15, -0.1) is 10.2 Å². The van der Waals surface area contributed by atoms with Crippen molar-refractivity contribution in [3.05, 3.63) is 17.9 Å². The number of esters is 1. The van der Waals surface area contributed by atoms with E-state index in [0.29, 0.717) is 12.5 Å². The molecule has 0 aliphatic heterocycles. The summed E-state index contributed by atoms with van der Waals surface area (Å²) >= 11 is 0. The van der Waals surface area contributed by atoms with Crippen LogP contribution < -0.4 is 0 Å². The minimum Gasteiger partial charge on any atom is -0.459 e. The molecule has 1 aromatic heterocycles. The molecule has 0 radical (unpaired) electrons. The van der Waals surface area contributed by atoms with Crippen LogP contribution in [0.4, 0.5) is 0 Å². The van der Waals surface area contributed by atoms with Crippen LogP contribution in [0.25, 0.3) is 5.57 Å². The summed E-state index contributed by atoms with van der Waals surface area (Å²) in [6.07, 6.45) is 1.82. The molecule has 0 aliphatic carbocycles. The molecule has 0 atom stereocenters. The van der Waals surface area contributed by atoms with Gasteiger partial charge in [-0.1, -0.05) is 6.08 Å². The number of hydrogen-bond donors (Lipinski definition) is 0. The Bertz CT molecular complexity index is 355. The van der Waals surface area contributed by atoms with Crippen molar-refractivity contribution in [2.75, 3.05) is 6.61 Å². The molecular weight excluding hydrogens is 184 g/mol. The Morgan fingerprint density at radius 3 is 2.71 bits per heavy atom. The maximum absolute atomic E-state index is 11.1. The van der Waals surface area contributed by atoms with E-state index in [0.717, 1.165) is 5.57 Å². The molecule has 5 nitrogen and oxygen atoms in total. The number of carbonyl (C=O) groups excluding carboxylic acids is 1. The first kappa shape index (κ1) is 10.4. The van der Waals surface area contributed by atoms with Crippen LogP contribution in [0.1, 0.15) is 37.3 Å². The highest BCUT2D eigenvalue weighted by Gasteiger charge is 2.15. The molecule has 0 unspecified atom stereocenters. The van der Waals surface area contributed by atoms with E-state index in [9.17, 15) is 4.79 Å². The van der Waals surface area contributed by atoms with Crippen LogP contribution >= 0.6 is 0 Å². The molecule has 0 fully saturated rings. The zero-order chi connectivity index (χ0) is 10.6. The van der Waals surface area contributed by atoms with Crippen molar-refractivity contribution in [3.8, 4) is 0 Å². The Labute approximate surface area is 81.8 Å². The van der Waals surface area contributed by atoms with Crippen LogP contribution in [0.2, 0.25) is 0 Å². The van der Waals surface area contributed by atoms with Gasteiger partial charge in [0.05, 0.1) is 6.61 Å². The van der Waals surface area contributed by atoms with Crippen LogP contribution in [-0.4, -0.2) is 22.8 Å². The Hall–Kier alpha value is -1.65. The zero-order valence-corrected chi connectivity index (χ0v) is 8.40. The van der Waals surface area contributed by atoms with E-state index in [-0.39, 0.29) is 5.89 Å². The van der Waals surface area contributed by atoms with Crippen molar-refractivity contribution < 1.29 is 13.9 Å². The van der Waals surface area contributed by atoms with Gasteiger partial charge in [0.2, 0.25) is 5.89 Å². The lowest BCUT2D eigenvalue weighted by Crippen LogP contribution is -2.04. The minimum absolute atomic E-state index is 0.108. The van der Waals surface area contributed by atoms with Crippen molar-refractivity contribution >= 4 is 11.5 Å². The van der Waals surface area contributed by atoms with Crippen molar-refractivity contribution in [2.45, 2.75) is 20.8 Å². The van der Waals surface area contributed by atoms with Gasteiger partial charge >= 0.3 is 11.9 Å². The van der Waals surface area contributed by atoms with Gasteiger partial charge in [0.1, 0.15) is 0 Å². The van der Waals surface area contributed by atoms with Crippen LogP contribution in [0, 0.1) is 0 Å². The van der Waals surface area contributed by atoms with Crippen molar-refractivity contribution in [3.63, 3.8) is 0 Å². The third-order valence-electron chi connectivity index (χ3n) is 1.65. The van der Waals surface area contributed by atoms with Crippen LogP contribution in [-0.2, 0) is 4.74 Å². The number of allylic oxidation sites excluding steroid dienone is 2. The monoisotopic (exact) mass is 196 g/mol. The summed E-state index contributed by atoms with van der Waals surface area (Å²) in [5.41, 5.74) is 0.827. The number of rotatable bonds is 3. The molecule has 0 bridgehead atoms. The minimum atomic E-state index is -0.588. The van der Waals surface area contributed by atoms with Crippen LogP contribution in [0.5, 0.6) is 0 Å². The standard InChI is InChI=1S/C9H12N2O3/c1-4-6(3)7-10-11-8(14-7)9(12)13-5-2/h4H,5H2,1-3H3/b6-4-. The number of aromatic nitrogens is 2. The number of ether oxygens (including phenoxy) is 1. The van der Waals surface area contributed by atoms with E-state index in [2.05, 4.69) is 10.2 Å². The molecule has 76 valence electrons. The summed E-state index contributed by atoms with van der Waals surface area (Å²) in [7, 11) is 0. The third kappa shape index (κ3) is 2.18. The second-order valence-electron chi connectivity index (χ2n) is 2.60. The summed E-state index contributed by atoms with van der Waals surface area (Å²) in [6.45, 7) is 5.68. The summed E-state index contributed by atoms with van der Waals surface area (Å²) in [4.78, 5) is 11.1. The first-order valence-electron chi connectivity index (χ1n) is 4.33. The Balaban J connectivity index is 2.83. The Morgan fingerprint density at radius 2 is 2.14 bits per heavy atom. The highest BCUT2D eigenvalue weighted by atomic mass is 16.5. The number of hydrogen-bond acceptors (Lipinski definition) is 5. The molecule has 0 saturated carbocycles. The summed E-state index contributed by atoms with van der Waals surface area (Å²) in [5, 5.41) is 7.28. The van der Waals surface area contributed by atoms with Gasteiger partial charge in [-0.05, 0) is 20.8 Å². The van der Waals surface area contributed by atoms with E-state index < -0.39 is 5.97 Å². The van der Waals surface area contributed by atoms with Gasteiger partial charge in [0.15, 0.2) is 0 Å². The highest BCUT2D eigenvalue weighted by molar-refractivity contribution is 5.84. The molecule has 1 rings (SSSR count). The Kier molecular flexibility index (Phi) is 3.39. The van der Waals surface area contributed by atoms with Crippen LogP contribution in [0.15, 0.2) is 10.5 Å². The second kappa shape index (κ2) is 4.55. The molecule has 0 spiro atoms. The normalized spacial score (nSPS) is 11.5. The fourth-order valence-corrected chi connectivity index (χ4v) is 0.781. The van der Waals surface area contributed by atoms with Gasteiger partial charge in [-0.25, -0.2) is 4.79 Å². The molecule has 5 heteroatoms.